The lowest BCUT2D eigenvalue weighted by Crippen LogP contribution is -2.42. The summed E-state index contributed by atoms with van der Waals surface area (Å²) in [5.74, 6) is -0.964. The van der Waals surface area contributed by atoms with E-state index in [4.69, 9.17) is 5.11 Å². The van der Waals surface area contributed by atoms with Gasteiger partial charge in [-0.1, -0.05) is 6.07 Å². The molecule has 2 rings (SSSR count). The highest BCUT2D eigenvalue weighted by Crippen LogP contribution is 2.16. The van der Waals surface area contributed by atoms with Crippen LogP contribution in [0.2, 0.25) is 0 Å². The molecule has 1 amide bonds. The third-order valence-corrected chi connectivity index (χ3v) is 4.22. The molecule has 1 aliphatic rings. The molecule has 6 heteroatoms. The number of likely N-dealkylation sites (tertiary alicyclic amines) is 1. The number of piperidine rings is 1. The van der Waals surface area contributed by atoms with Crippen molar-refractivity contribution in [3.8, 4) is 0 Å². The fraction of sp³-hybridized carbons (Fsp3) is 0.538. The van der Waals surface area contributed by atoms with Crippen molar-refractivity contribution in [3.05, 3.63) is 22.4 Å². The van der Waals surface area contributed by atoms with Gasteiger partial charge in [-0.05, 0) is 37.4 Å². The SMILES string of the molecule is O=C(CN1CCC(C(=O)O)CC1)NCc1cccs1. The summed E-state index contributed by atoms with van der Waals surface area (Å²) in [5, 5.41) is 13.8. The first kappa shape index (κ1) is 14.0. The van der Waals surface area contributed by atoms with Gasteiger partial charge in [-0.25, -0.2) is 0 Å². The minimum atomic E-state index is -0.721. The van der Waals surface area contributed by atoms with E-state index in [-0.39, 0.29) is 11.8 Å². The second-order valence-electron chi connectivity index (χ2n) is 4.74. The molecule has 1 saturated heterocycles. The van der Waals surface area contributed by atoms with Crippen LogP contribution in [0.3, 0.4) is 0 Å². The van der Waals surface area contributed by atoms with Gasteiger partial charge < -0.3 is 10.4 Å². The Kier molecular flexibility index (Phi) is 4.93. The minimum Gasteiger partial charge on any atom is -0.481 e. The minimum absolute atomic E-state index is 0.00201. The number of carboxylic acid groups (broad SMARTS) is 1. The number of carbonyl (C=O) groups excluding carboxylic acids is 1. The van der Waals surface area contributed by atoms with E-state index < -0.39 is 5.97 Å². The van der Waals surface area contributed by atoms with E-state index >= 15 is 0 Å². The predicted molar refractivity (Wildman–Crippen MR) is 73.0 cm³/mol. The van der Waals surface area contributed by atoms with Gasteiger partial charge in [0, 0.05) is 4.88 Å². The molecule has 1 fully saturated rings. The van der Waals surface area contributed by atoms with Gasteiger partial charge in [0.05, 0.1) is 19.0 Å². The normalized spacial score (nSPS) is 17.3. The largest absolute Gasteiger partial charge is 0.481 e. The third-order valence-electron chi connectivity index (χ3n) is 3.34. The molecule has 1 aliphatic heterocycles. The fourth-order valence-electron chi connectivity index (χ4n) is 2.20. The van der Waals surface area contributed by atoms with Crippen molar-refractivity contribution >= 4 is 23.2 Å². The molecule has 5 nitrogen and oxygen atoms in total. The molecule has 0 spiro atoms. The highest BCUT2D eigenvalue weighted by molar-refractivity contribution is 7.09. The zero-order chi connectivity index (χ0) is 13.7. The Morgan fingerprint density at radius 1 is 1.42 bits per heavy atom. The molecule has 2 N–H and O–H groups in total. The summed E-state index contributed by atoms with van der Waals surface area (Å²) in [7, 11) is 0. The van der Waals surface area contributed by atoms with E-state index in [1.165, 1.54) is 0 Å². The Morgan fingerprint density at radius 2 is 2.16 bits per heavy atom. The molecule has 1 aromatic rings. The zero-order valence-corrected chi connectivity index (χ0v) is 11.5. The van der Waals surface area contributed by atoms with E-state index in [0.29, 0.717) is 39.0 Å². The molecule has 0 aromatic carbocycles. The first-order valence-corrected chi connectivity index (χ1v) is 7.27. The number of thiophene rings is 1. The van der Waals surface area contributed by atoms with Crippen LogP contribution in [0.4, 0.5) is 0 Å². The fourth-order valence-corrected chi connectivity index (χ4v) is 2.84. The standard InChI is InChI=1S/C13H18N2O3S/c16-12(14-8-11-2-1-7-19-11)9-15-5-3-10(4-6-15)13(17)18/h1-2,7,10H,3-6,8-9H2,(H,14,16)(H,17,18). The van der Waals surface area contributed by atoms with Crippen LogP contribution in [0, 0.1) is 5.92 Å². The first-order valence-electron chi connectivity index (χ1n) is 6.39. The summed E-state index contributed by atoms with van der Waals surface area (Å²) >= 11 is 1.62. The van der Waals surface area contributed by atoms with Crippen molar-refractivity contribution in [1.82, 2.24) is 10.2 Å². The van der Waals surface area contributed by atoms with Gasteiger partial charge in [-0.3, -0.25) is 14.5 Å². The second kappa shape index (κ2) is 6.68. The van der Waals surface area contributed by atoms with E-state index in [0.717, 1.165) is 4.88 Å². The maximum absolute atomic E-state index is 11.8. The van der Waals surface area contributed by atoms with Gasteiger partial charge in [-0.15, -0.1) is 11.3 Å². The predicted octanol–water partition coefficient (Wildman–Crippen LogP) is 1.16. The summed E-state index contributed by atoms with van der Waals surface area (Å²) in [6.45, 7) is 2.30. The highest BCUT2D eigenvalue weighted by Gasteiger charge is 2.25. The Labute approximate surface area is 116 Å². The summed E-state index contributed by atoms with van der Waals surface area (Å²) < 4.78 is 0. The topological polar surface area (TPSA) is 69.6 Å². The lowest BCUT2D eigenvalue weighted by atomic mass is 9.97. The zero-order valence-electron chi connectivity index (χ0n) is 10.7. The maximum atomic E-state index is 11.8. The molecular weight excluding hydrogens is 264 g/mol. The Hall–Kier alpha value is -1.40. The summed E-state index contributed by atoms with van der Waals surface area (Å²) in [6, 6.07) is 3.95. The second-order valence-corrected chi connectivity index (χ2v) is 5.78. The number of nitrogens with zero attached hydrogens (tertiary/aromatic N) is 1. The van der Waals surface area contributed by atoms with Crippen molar-refractivity contribution in [3.63, 3.8) is 0 Å². The number of carbonyl (C=O) groups is 2. The molecule has 1 aromatic heterocycles. The number of hydrogen-bond donors (Lipinski definition) is 2. The number of carboxylic acids is 1. The van der Waals surface area contributed by atoms with Crippen LogP contribution in [0.5, 0.6) is 0 Å². The van der Waals surface area contributed by atoms with E-state index in [2.05, 4.69) is 5.32 Å². The lowest BCUT2D eigenvalue weighted by molar-refractivity contribution is -0.143. The van der Waals surface area contributed by atoms with Gasteiger partial charge in [0.2, 0.25) is 5.91 Å². The van der Waals surface area contributed by atoms with Gasteiger partial charge >= 0.3 is 5.97 Å². The third kappa shape index (κ3) is 4.33. The lowest BCUT2D eigenvalue weighted by Gasteiger charge is -2.29. The number of rotatable bonds is 5. The van der Waals surface area contributed by atoms with Crippen LogP contribution in [0.1, 0.15) is 17.7 Å². The van der Waals surface area contributed by atoms with Crippen molar-refractivity contribution in [2.75, 3.05) is 19.6 Å². The molecule has 0 saturated carbocycles. The average molecular weight is 282 g/mol. The van der Waals surface area contributed by atoms with Gasteiger partial charge in [0.15, 0.2) is 0 Å². The molecule has 0 radical (unpaired) electrons. The Balaban J connectivity index is 1.67. The van der Waals surface area contributed by atoms with Crippen molar-refractivity contribution < 1.29 is 14.7 Å². The van der Waals surface area contributed by atoms with Crippen LogP contribution < -0.4 is 5.32 Å². The number of aliphatic carboxylic acids is 1. The first-order chi connectivity index (χ1) is 9.15. The molecule has 2 heterocycles. The van der Waals surface area contributed by atoms with Gasteiger partial charge in [0.1, 0.15) is 0 Å². The molecular formula is C13H18N2O3S. The van der Waals surface area contributed by atoms with E-state index in [9.17, 15) is 9.59 Å². The molecule has 19 heavy (non-hydrogen) atoms. The van der Waals surface area contributed by atoms with Crippen molar-refractivity contribution in [2.24, 2.45) is 5.92 Å². The summed E-state index contributed by atoms with van der Waals surface area (Å²) in [4.78, 5) is 25.7. The average Bonchev–Trinajstić information content (AvgIpc) is 2.90. The molecule has 0 unspecified atom stereocenters. The van der Waals surface area contributed by atoms with Crippen molar-refractivity contribution in [2.45, 2.75) is 19.4 Å². The highest BCUT2D eigenvalue weighted by atomic mass is 32.1. The summed E-state index contributed by atoms with van der Waals surface area (Å²) in [6.07, 6.45) is 1.26. The van der Waals surface area contributed by atoms with Crippen molar-refractivity contribution in [1.29, 1.82) is 0 Å². The van der Waals surface area contributed by atoms with E-state index in [1.807, 2.05) is 22.4 Å². The monoisotopic (exact) mass is 282 g/mol. The maximum Gasteiger partial charge on any atom is 0.306 e. The Morgan fingerprint density at radius 3 is 2.74 bits per heavy atom. The molecule has 0 atom stereocenters. The van der Waals surface area contributed by atoms with Gasteiger partial charge in [0.25, 0.3) is 0 Å². The molecule has 104 valence electrons. The smallest absolute Gasteiger partial charge is 0.306 e. The number of hydrogen-bond acceptors (Lipinski definition) is 4. The quantitative estimate of drug-likeness (QED) is 0.850. The molecule has 0 bridgehead atoms. The van der Waals surface area contributed by atoms with Crippen LogP contribution >= 0.6 is 11.3 Å². The van der Waals surface area contributed by atoms with Crippen LogP contribution in [0.25, 0.3) is 0 Å². The number of nitrogens with one attached hydrogen (secondary N) is 1. The van der Waals surface area contributed by atoms with Gasteiger partial charge in [-0.2, -0.15) is 0 Å². The van der Waals surface area contributed by atoms with E-state index in [1.54, 1.807) is 11.3 Å². The molecule has 0 aliphatic carbocycles. The summed E-state index contributed by atoms with van der Waals surface area (Å²) in [5.41, 5.74) is 0. The van der Waals surface area contributed by atoms with Crippen LogP contribution in [0.15, 0.2) is 17.5 Å². The number of amides is 1. The van der Waals surface area contributed by atoms with Crippen LogP contribution in [-0.4, -0.2) is 41.5 Å². The van der Waals surface area contributed by atoms with Crippen LogP contribution in [-0.2, 0) is 16.1 Å². The Bertz CT molecular complexity index is 425.